The van der Waals surface area contributed by atoms with Crippen LogP contribution in [0.15, 0.2) is 34.9 Å². The summed E-state index contributed by atoms with van der Waals surface area (Å²) in [7, 11) is 4.73. The largest absolute Gasteiger partial charge is 0.496 e. The summed E-state index contributed by atoms with van der Waals surface area (Å²) in [4.78, 5) is 12.1. The minimum Gasteiger partial charge on any atom is -0.496 e. The third-order valence-corrected chi connectivity index (χ3v) is 3.80. The van der Waals surface area contributed by atoms with E-state index in [1.165, 1.54) is 0 Å². The Morgan fingerprint density at radius 2 is 1.76 bits per heavy atom. The van der Waals surface area contributed by atoms with Gasteiger partial charge in [-0.1, -0.05) is 0 Å². The molecule has 7 nitrogen and oxygen atoms in total. The van der Waals surface area contributed by atoms with E-state index in [1.54, 1.807) is 46.6 Å². The first-order chi connectivity index (χ1) is 12.1. The predicted molar refractivity (Wildman–Crippen MR) is 93.0 cm³/mol. The molecule has 1 aromatic carbocycles. The lowest BCUT2D eigenvalue weighted by Crippen LogP contribution is -2.41. The van der Waals surface area contributed by atoms with Crippen molar-refractivity contribution < 1.29 is 23.4 Å². The number of ether oxygens (including phenoxy) is 3. The molecule has 136 valence electrons. The maximum atomic E-state index is 12.1. The SMILES string of the molecule is COc1cc(OC)c(OC)cc1CNC(C)C(=O)NCc1ccco1. The Hall–Kier alpha value is -2.67. The first-order valence-electron chi connectivity index (χ1n) is 7.91. The summed E-state index contributed by atoms with van der Waals surface area (Å²) < 4.78 is 21.2. The summed E-state index contributed by atoms with van der Waals surface area (Å²) >= 11 is 0. The number of furan rings is 1. The van der Waals surface area contributed by atoms with Crippen molar-refractivity contribution in [2.24, 2.45) is 0 Å². The quantitative estimate of drug-likeness (QED) is 0.722. The minimum absolute atomic E-state index is 0.115. The van der Waals surface area contributed by atoms with Gasteiger partial charge in [0.2, 0.25) is 5.91 Å². The highest BCUT2D eigenvalue weighted by Gasteiger charge is 2.16. The number of carbonyl (C=O) groups excluding carboxylic acids is 1. The van der Waals surface area contributed by atoms with Crippen LogP contribution < -0.4 is 24.8 Å². The second-order valence-electron chi connectivity index (χ2n) is 5.42. The Labute approximate surface area is 147 Å². The van der Waals surface area contributed by atoms with Crippen molar-refractivity contribution in [1.82, 2.24) is 10.6 Å². The fraction of sp³-hybridized carbons (Fsp3) is 0.389. The van der Waals surface area contributed by atoms with Gasteiger partial charge in [0, 0.05) is 18.2 Å². The van der Waals surface area contributed by atoms with E-state index in [1.807, 2.05) is 12.1 Å². The number of benzene rings is 1. The summed E-state index contributed by atoms with van der Waals surface area (Å²) in [5, 5.41) is 5.99. The molecule has 0 spiro atoms. The van der Waals surface area contributed by atoms with Crippen molar-refractivity contribution in [3.8, 4) is 17.2 Å². The zero-order valence-electron chi connectivity index (χ0n) is 14.9. The average molecular weight is 348 g/mol. The first-order valence-corrected chi connectivity index (χ1v) is 7.91. The van der Waals surface area contributed by atoms with Crippen LogP contribution in [-0.4, -0.2) is 33.3 Å². The van der Waals surface area contributed by atoms with Gasteiger partial charge < -0.3 is 29.3 Å². The zero-order chi connectivity index (χ0) is 18.2. The highest BCUT2D eigenvalue weighted by molar-refractivity contribution is 5.81. The molecule has 1 aromatic heterocycles. The Morgan fingerprint density at radius 3 is 2.36 bits per heavy atom. The van der Waals surface area contributed by atoms with Crippen LogP contribution in [-0.2, 0) is 17.9 Å². The molecule has 0 aliphatic rings. The molecule has 0 aliphatic heterocycles. The number of rotatable bonds is 9. The number of nitrogens with one attached hydrogen (secondary N) is 2. The highest BCUT2D eigenvalue weighted by atomic mass is 16.5. The molecule has 1 atom stereocenters. The molecule has 0 fully saturated rings. The van der Waals surface area contributed by atoms with Gasteiger partial charge in [-0.15, -0.1) is 0 Å². The van der Waals surface area contributed by atoms with Crippen molar-refractivity contribution in [3.05, 3.63) is 41.9 Å². The number of amides is 1. The summed E-state index contributed by atoms with van der Waals surface area (Å²) in [6, 6.07) is 6.81. The molecular weight excluding hydrogens is 324 g/mol. The van der Waals surface area contributed by atoms with Crippen LogP contribution >= 0.6 is 0 Å². The topological polar surface area (TPSA) is 82.0 Å². The maximum absolute atomic E-state index is 12.1. The molecule has 0 saturated heterocycles. The summed E-state index contributed by atoms with van der Waals surface area (Å²) in [6.45, 7) is 2.60. The third-order valence-electron chi connectivity index (χ3n) is 3.80. The average Bonchev–Trinajstić information content (AvgIpc) is 3.16. The predicted octanol–water partition coefficient (Wildman–Crippen LogP) is 2.10. The summed E-state index contributed by atoms with van der Waals surface area (Å²) in [5.41, 5.74) is 0.867. The van der Waals surface area contributed by atoms with E-state index in [0.717, 1.165) is 5.56 Å². The molecular formula is C18H24N2O5. The third kappa shape index (κ3) is 4.90. The van der Waals surface area contributed by atoms with Gasteiger partial charge in [-0.25, -0.2) is 0 Å². The molecule has 1 unspecified atom stereocenters. The number of hydrogen-bond donors (Lipinski definition) is 2. The molecule has 25 heavy (non-hydrogen) atoms. The Balaban J connectivity index is 1.95. The zero-order valence-corrected chi connectivity index (χ0v) is 14.9. The lowest BCUT2D eigenvalue weighted by Gasteiger charge is -2.17. The number of hydrogen-bond acceptors (Lipinski definition) is 6. The molecule has 2 rings (SSSR count). The summed E-state index contributed by atoms with van der Waals surface area (Å²) in [5.74, 6) is 2.45. The van der Waals surface area contributed by atoms with Crippen LogP contribution in [0.5, 0.6) is 17.2 Å². The molecule has 1 heterocycles. The summed E-state index contributed by atoms with van der Waals surface area (Å²) in [6.07, 6.45) is 1.58. The lowest BCUT2D eigenvalue weighted by atomic mass is 10.1. The van der Waals surface area contributed by atoms with Crippen LogP contribution in [0.4, 0.5) is 0 Å². The molecule has 1 amide bonds. The normalized spacial score (nSPS) is 11.7. The van der Waals surface area contributed by atoms with Crippen molar-refractivity contribution in [3.63, 3.8) is 0 Å². The lowest BCUT2D eigenvalue weighted by molar-refractivity contribution is -0.123. The molecule has 0 aliphatic carbocycles. The van der Waals surface area contributed by atoms with Gasteiger partial charge in [0.05, 0.1) is 40.2 Å². The van der Waals surface area contributed by atoms with Gasteiger partial charge in [0.25, 0.3) is 0 Å². The fourth-order valence-electron chi connectivity index (χ4n) is 2.33. The van der Waals surface area contributed by atoms with Gasteiger partial charge >= 0.3 is 0 Å². The van der Waals surface area contributed by atoms with Crippen LogP contribution in [0.2, 0.25) is 0 Å². The molecule has 7 heteroatoms. The molecule has 0 saturated carbocycles. The monoisotopic (exact) mass is 348 g/mol. The second-order valence-corrected chi connectivity index (χ2v) is 5.42. The Kier molecular flexibility index (Phi) is 6.71. The van der Waals surface area contributed by atoms with Gasteiger partial charge in [-0.2, -0.15) is 0 Å². The maximum Gasteiger partial charge on any atom is 0.237 e. The van der Waals surface area contributed by atoms with E-state index in [9.17, 15) is 4.79 Å². The van der Waals surface area contributed by atoms with Crippen LogP contribution in [0.3, 0.4) is 0 Å². The van der Waals surface area contributed by atoms with E-state index in [2.05, 4.69) is 10.6 Å². The Morgan fingerprint density at radius 1 is 1.08 bits per heavy atom. The minimum atomic E-state index is -0.382. The van der Waals surface area contributed by atoms with Crippen molar-refractivity contribution in [2.75, 3.05) is 21.3 Å². The van der Waals surface area contributed by atoms with E-state index >= 15 is 0 Å². The molecule has 0 bridgehead atoms. The van der Waals surface area contributed by atoms with Gasteiger partial charge in [0.15, 0.2) is 11.5 Å². The standard InChI is InChI=1S/C18H24N2O5/c1-12(18(21)20-11-14-6-5-7-25-14)19-10-13-8-16(23-3)17(24-4)9-15(13)22-2/h5-9,12,19H,10-11H2,1-4H3,(H,20,21). The fourth-order valence-corrected chi connectivity index (χ4v) is 2.33. The van der Waals surface area contributed by atoms with Crippen molar-refractivity contribution in [1.29, 1.82) is 0 Å². The number of carbonyl (C=O) groups is 1. The second kappa shape index (κ2) is 8.98. The van der Waals surface area contributed by atoms with Gasteiger partial charge in [-0.05, 0) is 25.1 Å². The van der Waals surface area contributed by atoms with Crippen LogP contribution in [0.1, 0.15) is 18.2 Å². The van der Waals surface area contributed by atoms with E-state index in [-0.39, 0.29) is 11.9 Å². The molecule has 2 N–H and O–H groups in total. The van der Waals surface area contributed by atoms with E-state index < -0.39 is 0 Å². The Bertz CT molecular complexity index is 685. The number of methoxy groups -OCH3 is 3. The van der Waals surface area contributed by atoms with Crippen LogP contribution in [0.25, 0.3) is 0 Å². The highest BCUT2D eigenvalue weighted by Crippen LogP contribution is 2.34. The smallest absolute Gasteiger partial charge is 0.237 e. The van der Waals surface area contributed by atoms with E-state index in [0.29, 0.717) is 36.1 Å². The first kappa shape index (κ1) is 18.7. The van der Waals surface area contributed by atoms with E-state index in [4.69, 9.17) is 18.6 Å². The molecule has 0 radical (unpaired) electrons. The van der Waals surface area contributed by atoms with Gasteiger partial charge in [-0.3, -0.25) is 4.79 Å². The van der Waals surface area contributed by atoms with Crippen molar-refractivity contribution in [2.45, 2.75) is 26.1 Å². The van der Waals surface area contributed by atoms with Crippen molar-refractivity contribution >= 4 is 5.91 Å². The van der Waals surface area contributed by atoms with Gasteiger partial charge in [0.1, 0.15) is 11.5 Å². The van der Waals surface area contributed by atoms with Crippen LogP contribution in [0, 0.1) is 0 Å². The molecule has 2 aromatic rings.